The summed E-state index contributed by atoms with van der Waals surface area (Å²) in [5, 5.41) is 6.32. The van der Waals surface area contributed by atoms with Crippen molar-refractivity contribution in [3.63, 3.8) is 0 Å². The Morgan fingerprint density at radius 1 is 0.920 bits per heavy atom. The monoisotopic (exact) mass is 344 g/mol. The number of aryl methyl sites for hydroxylation is 1. The van der Waals surface area contributed by atoms with Crippen LogP contribution in [0.4, 0.5) is 10.8 Å². The molecule has 0 aliphatic heterocycles. The molecule has 0 spiro atoms. The van der Waals surface area contributed by atoms with Crippen LogP contribution in [0.5, 0.6) is 0 Å². The van der Waals surface area contributed by atoms with Crippen LogP contribution in [-0.2, 0) is 0 Å². The number of aromatic nitrogens is 3. The average molecular weight is 344 g/mol. The van der Waals surface area contributed by atoms with Crippen LogP contribution in [0, 0.1) is 6.92 Å². The SMILES string of the molecule is Cc1cccc(Nc2nc(-c3ccncc3-c3ccncc3)cs2)c1. The summed E-state index contributed by atoms with van der Waals surface area (Å²) in [5.41, 5.74) is 6.40. The second-order valence-corrected chi connectivity index (χ2v) is 6.55. The molecule has 4 nitrogen and oxygen atoms in total. The molecule has 4 aromatic rings. The van der Waals surface area contributed by atoms with Gasteiger partial charge in [-0.3, -0.25) is 9.97 Å². The van der Waals surface area contributed by atoms with Crippen LogP contribution in [0.15, 0.2) is 72.6 Å². The summed E-state index contributed by atoms with van der Waals surface area (Å²) in [7, 11) is 0. The third-order valence-electron chi connectivity index (χ3n) is 3.86. The molecule has 3 aromatic heterocycles. The van der Waals surface area contributed by atoms with E-state index in [4.69, 9.17) is 4.98 Å². The lowest BCUT2D eigenvalue weighted by Crippen LogP contribution is -1.91. The minimum Gasteiger partial charge on any atom is -0.332 e. The van der Waals surface area contributed by atoms with Crippen LogP contribution in [0.1, 0.15) is 5.56 Å². The zero-order chi connectivity index (χ0) is 17.1. The number of nitrogens with zero attached hydrogens (tertiary/aromatic N) is 3. The molecule has 0 aliphatic carbocycles. The zero-order valence-corrected chi connectivity index (χ0v) is 14.5. The normalized spacial score (nSPS) is 10.6. The van der Waals surface area contributed by atoms with Crippen molar-refractivity contribution in [2.75, 3.05) is 5.32 Å². The number of anilines is 2. The first-order valence-corrected chi connectivity index (χ1v) is 8.81. The van der Waals surface area contributed by atoms with Gasteiger partial charge >= 0.3 is 0 Å². The minimum absolute atomic E-state index is 0.873. The van der Waals surface area contributed by atoms with E-state index in [0.29, 0.717) is 0 Å². The number of hydrogen-bond donors (Lipinski definition) is 1. The second-order valence-electron chi connectivity index (χ2n) is 5.69. The Hall–Kier alpha value is -3.05. The van der Waals surface area contributed by atoms with Gasteiger partial charge in [-0.15, -0.1) is 11.3 Å². The predicted octanol–water partition coefficient (Wildman–Crippen LogP) is 5.32. The van der Waals surface area contributed by atoms with E-state index < -0.39 is 0 Å². The van der Waals surface area contributed by atoms with Crippen molar-refractivity contribution in [2.45, 2.75) is 6.92 Å². The maximum Gasteiger partial charge on any atom is 0.187 e. The molecular weight excluding hydrogens is 328 g/mol. The lowest BCUT2D eigenvalue weighted by atomic mass is 10.0. The summed E-state index contributed by atoms with van der Waals surface area (Å²) in [5.74, 6) is 0. The van der Waals surface area contributed by atoms with E-state index in [1.54, 1.807) is 29.9 Å². The Morgan fingerprint density at radius 2 is 1.76 bits per heavy atom. The smallest absolute Gasteiger partial charge is 0.187 e. The van der Waals surface area contributed by atoms with Gasteiger partial charge < -0.3 is 5.32 Å². The summed E-state index contributed by atoms with van der Waals surface area (Å²) in [6, 6.07) is 14.2. The molecule has 0 saturated carbocycles. The molecule has 0 bridgehead atoms. The van der Waals surface area contributed by atoms with Gasteiger partial charge in [0.05, 0.1) is 5.69 Å². The van der Waals surface area contributed by atoms with Crippen LogP contribution in [0.25, 0.3) is 22.4 Å². The fourth-order valence-corrected chi connectivity index (χ4v) is 3.41. The van der Waals surface area contributed by atoms with Crippen LogP contribution < -0.4 is 5.32 Å². The Balaban J connectivity index is 1.67. The Labute approximate surface area is 150 Å². The van der Waals surface area contributed by atoms with Gasteiger partial charge in [-0.2, -0.15) is 0 Å². The number of hydrogen-bond acceptors (Lipinski definition) is 5. The molecule has 1 aromatic carbocycles. The molecule has 4 rings (SSSR count). The number of benzene rings is 1. The summed E-state index contributed by atoms with van der Waals surface area (Å²) in [4.78, 5) is 13.1. The molecule has 5 heteroatoms. The van der Waals surface area contributed by atoms with Gasteiger partial charge in [0.25, 0.3) is 0 Å². The van der Waals surface area contributed by atoms with E-state index in [-0.39, 0.29) is 0 Å². The molecule has 0 unspecified atom stereocenters. The Kier molecular flexibility index (Phi) is 4.23. The molecule has 25 heavy (non-hydrogen) atoms. The number of rotatable bonds is 4. The van der Waals surface area contributed by atoms with Crippen LogP contribution in [-0.4, -0.2) is 15.0 Å². The summed E-state index contributed by atoms with van der Waals surface area (Å²) in [6.45, 7) is 2.08. The molecule has 0 fully saturated rings. The molecule has 0 radical (unpaired) electrons. The lowest BCUT2D eigenvalue weighted by Gasteiger charge is -2.07. The first-order valence-electron chi connectivity index (χ1n) is 7.93. The third-order valence-corrected chi connectivity index (χ3v) is 4.62. The number of thiazole rings is 1. The van der Waals surface area contributed by atoms with Crippen molar-refractivity contribution < 1.29 is 0 Å². The van der Waals surface area contributed by atoms with Gasteiger partial charge in [-0.05, 0) is 48.4 Å². The highest BCUT2D eigenvalue weighted by molar-refractivity contribution is 7.14. The maximum absolute atomic E-state index is 4.76. The minimum atomic E-state index is 0.873. The van der Waals surface area contributed by atoms with Crippen LogP contribution in [0.2, 0.25) is 0 Å². The number of pyridine rings is 2. The van der Waals surface area contributed by atoms with Crippen LogP contribution >= 0.6 is 11.3 Å². The number of nitrogens with one attached hydrogen (secondary N) is 1. The molecule has 1 N–H and O–H groups in total. The standard InChI is InChI=1S/C20H16N4S/c1-14-3-2-4-16(11-14)23-20-24-19(13-25-20)17-7-10-22-12-18(17)15-5-8-21-9-6-15/h2-13H,1H3,(H,23,24). The van der Waals surface area contributed by atoms with Gasteiger partial charge in [-0.1, -0.05) is 12.1 Å². The van der Waals surface area contributed by atoms with E-state index >= 15 is 0 Å². The Morgan fingerprint density at radius 3 is 2.60 bits per heavy atom. The summed E-state index contributed by atoms with van der Waals surface area (Å²) >= 11 is 1.59. The van der Waals surface area contributed by atoms with Crippen molar-refractivity contribution in [3.8, 4) is 22.4 Å². The zero-order valence-electron chi connectivity index (χ0n) is 13.7. The first-order chi connectivity index (χ1) is 12.3. The summed E-state index contributed by atoms with van der Waals surface area (Å²) < 4.78 is 0. The molecule has 0 saturated heterocycles. The van der Waals surface area contributed by atoms with E-state index in [1.165, 1.54) is 5.56 Å². The highest BCUT2D eigenvalue weighted by Crippen LogP contribution is 2.33. The molecule has 0 amide bonds. The third kappa shape index (κ3) is 3.41. The van der Waals surface area contributed by atoms with E-state index in [1.807, 2.05) is 36.5 Å². The van der Waals surface area contributed by atoms with Crippen molar-refractivity contribution in [2.24, 2.45) is 0 Å². The molecule has 3 heterocycles. The van der Waals surface area contributed by atoms with Gasteiger partial charge in [-0.25, -0.2) is 4.98 Å². The van der Waals surface area contributed by atoms with Crippen molar-refractivity contribution >= 4 is 22.2 Å². The fourth-order valence-electron chi connectivity index (χ4n) is 2.68. The molecule has 0 aliphatic rings. The Bertz CT molecular complexity index is 995. The molecule has 0 atom stereocenters. The lowest BCUT2D eigenvalue weighted by molar-refractivity contribution is 1.29. The van der Waals surface area contributed by atoms with Gasteiger partial charge in [0.15, 0.2) is 5.13 Å². The fraction of sp³-hybridized carbons (Fsp3) is 0.0500. The summed E-state index contributed by atoms with van der Waals surface area (Å²) in [6.07, 6.45) is 7.25. The van der Waals surface area contributed by atoms with E-state index in [0.717, 1.165) is 33.2 Å². The van der Waals surface area contributed by atoms with Crippen molar-refractivity contribution in [3.05, 3.63) is 78.2 Å². The predicted molar refractivity (Wildman–Crippen MR) is 103 cm³/mol. The van der Waals surface area contributed by atoms with Crippen LogP contribution in [0.3, 0.4) is 0 Å². The maximum atomic E-state index is 4.76. The van der Waals surface area contributed by atoms with Gasteiger partial charge in [0.1, 0.15) is 0 Å². The topological polar surface area (TPSA) is 50.7 Å². The van der Waals surface area contributed by atoms with Crippen molar-refractivity contribution in [1.29, 1.82) is 0 Å². The average Bonchev–Trinajstić information content (AvgIpc) is 3.11. The first kappa shape index (κ1) is 15.5. The van der Waals surface area contributed by atoms with E-state index in [2.05, 4.69) is 39.7 Å². The quantitative estimate of drug-likeness (QED) is 0.544. The largest absolute Gasteiger partial charge is 0.332 e. The van der Waals surface area contributed by atoms with Gasteiger partial charge in [0.2, 0.25) is 0 Å². The second kappa shape index (κ2) is 6.83. The van der Waals surface area contributed by atoms with Gasteiger partial charge in [0, 0.05) is 47.0 Å². The van der Waals surface area contributed by atoms with Crippen molar-refractivity contribution in [1.82, 2.24) is 15.0 Å². The highest BCUT2D eigenvalue weighted by atomic mass is 32.1. The molecule has 122 valence electrons. The molecular formula is C20H16N4S. The highest BCUT2D eigenvalue weighted by Gasteiger charge is 2.11. The van der Waals surface area contributed by atoms with E-state index in [9.17, 15) is 0 Å².